The fourth-order valence-electron chi connectivity index (χ4n) is 1.71. The lowest BCUT2D eigenvalue weighted by Gasteiger charge is -2.22. The summed E-state index contributed by atoms with van der Waals surface area (Å²) < 4.78 is 16.1. The minimum atomic E-state index is -0.195. The van der Waals surface area contributed by atoms with Gasteiger partial charge in [-0.2, -0.15) is 0 Å². The van der Waals surface area contributed by atoms with Gasteiger partial charge in [0.2, 0.25) is 0 Å². The second-order valence-corrected chi connectivity index (χ2v) is 5.29. The molecule has 0 atom stereocenters. The Labute approximate surface area is 125 Å². The van der Waals surface area contributed by atoms with Crippen LogP contribution < -0.4 is 10.5 Å². The smallest absolute Gasteiger partial charge is 0.173 e. The molecule has 0 aliphatic rings. The molecule has 118 valence electrons. The van der Waals surface area contributed by atoms with E-state index in [2.05, 4.69) is 5.16 Å². The van der Waals surface area contributed by atoms with Crippen molar-refractivity contribution in [1.82, 2.24) is 0 Å². The Hall–Kier alpha value is -1.79. The normalized spacial score (nSPS) is 12.5. The molecule has 0 aromatic heterocycles. The first-order chi connectivity index (χ1) is 9.93. The van der Waals surface area contributed by atoms with Crippen LogP contribution in [0.25, 0.3) is 0 Å². The van der Waals surface area contributed by atoms with E-state index >= 15 is 0 Å². The van der Waals surface area contributed by atoms with E-state index in [4.69, 9.17) is 25.2 Å². The van der Waals surface area contributed by atoms with Gasteiger partial charge in [-0.1, -0.05) is 11.2 Å². The van der Waals surface area contributed by atoms with Crippen molar-refractivity contribution in [3.8, 4) is 5.75 Å². The molecule has 3 N–H and O–H groups in total. The molecule has 0 radical (unpaired) electrons. The molecule has 6 nitrogen and oxygen atoms in total. The Morgan fingerprint density at radius 3 is 2.62 bits per heavy atom. The molecule has 0 bridgehead atoms. The Balaban J connectivity index is 2.65. The van der Waals surface area contributed by atoms with Gasteiger partial charge in [-0.25, -0.2) is 0 Å². The number of rotatable bonds is 8. The van der Waals surface area contributed by atoms with Crippen LogP contribution in [0.2, 0.25) is 0 Å². The van der Waals surface area contributed by atoms with Crippen LogP contribution in [0, 0.1) is 0 Å². The monoisotopic (exact) mass is 296 g/mol. The molecule has 6 heteroatoms. The largest absolute Gasteiger partial charge is 0.496 e. The van der Waals surface area contributed by atoms with Crippen LogP contribution in [0.1, 0.15) is 31.4 Å². The van der Waals surface area contributed by atoms with Crippen LogP contribution in [0.3, 0.4) is 0 Å². The molecule has 0 spiro atoms. The first kappa shape index (κ1) is 17.3. The molecule has 1 aromatic carbocycles. The van der Waals surface area contributed by atoms with Crippen LogP contribution in [0.5, 0.6) is 5.75 Å². The summed E-state index contributed by atoms with van der Waals surface area (Å²) in [5, 5.41) is 11.8. The molecule has 0 saturated carbocycles. The summed E-state index contributed by atoms with van der Waals surface area (Å²) in [5.74, 6) is 0.559. The van der Waals surface area contributed by atoms with E-state index in [1.807, 2.05) is 19.9 Å². The Bertz CT molecular complexity index is 487. The zero-order valence-corrected chi connectivity index (χ0v) is 13.0. The van der Waals surface area contributed by atoms with Gasteiger partial charge in [0.25, 0.3) is 0 Å². The van der Waals surface area contributed by atoms with Gasteiger partial charge < -0.3 is 25.2 Å². The molecule has 1 aromatic rings. The maximum Gasteiger partial charge on any atom is 0.173 e. The highest BCUT2D eigenvalue weighted by molar-refractivity contribution is 5.99. The number of hydrogen-bond donors (Lipinski definition) is 2. The molecule has 0 saturated heterocycles. The minimum absolute atomic E-state index is 0.00853. The first-order valence-electron chi connectivity index (χ1n) is 6.71. The van der Waals surface area contributed by atoms with Crippen molar-refractivity contribution in [2.24, 2.45) is 10.9 Å². The van der Waals surface area contributed by atoms with Gasteiger partial charge in [-0.05, 0) is 38.0 Å². The lowest BCUT2D eigenvalue weighted by molar-refractivity contribution is -0.0124. The molecule has 0 heterocycles. The number of hydrogen-bond acceptors (Lipinski definition) is 5. The van der Waals surface area contributed by atoms with E-state index < -0.39 is 0 Å². The summed E-state index contributed by atoms with van der Waals surface area (Å²) in [6.45, 7) is 5.06. The molecule has 0 fully saturated rings. The van der Waals surface area contributed by atoms with Crippen molar-refractivity contribution in [3.05, 3.63) is 29.3 Å². The Morgan fingerprint density at radius 2 is 2.05 bits per heavy atom. The maximum absolute atomic E-state index is 8.79. The molecule has 0 aliphatic carbocycles. The second-order valence-electron chi connectivity index (χ2n) is 5.29. The fourth-order valence-corrected chi connectivity index (χ4v) is 1.71. The van der Waals surface area contributed by atoms with E-state index in [0.29, 0.717) is 24.5 Å². The van der Waals surface area contributed by atoms with Gasteiger partial charge in [0.05, 0.1) is 24.9 Å². The third-order valence-corrected chi connectivity index (χ3v) is 3.32. The number of benzene rings is 1. The standard InChI is InChI=1S/C15H24N2O4/c1-15(2,20-4)7-8-21-10-11-5-6-13(19-3)12(9-11)14(16)17-18/h5-6,9,18H,7-8,10H2,1-4H3,(H2,16,17). The predicted molar refractivity (Wildman–Crippen MR) is 80.9 cm³/mol. The summed E-state index contributed by atoms with van der Waals surface area (Å²) in [7, 11) is 3.22. The quantitative estimate of drug-likeness (QED) is 0.252. The highest BCUT2D eigenvalue weighted by Crippen LogP contribution is 2.20. The molecule has 0 aliphatic heterocycles. The third-order valence-electron chi connectivity index (χ3n) is 3.32. The van der Waals surface area contributed by atoms with Crippen molar-refractivity contribution in [2.75, 3.05) is 20.8 Å². The average Bonchev–Trinajstić information content (AvgIpc) is 2.50. The summed E-state index contributed by atoms with van der Waals surface area (Å²) in [6.07, 6.45) is 0.798. The minimum Gasteiger partial charge on any atom is -0.496 e. The van der Waals surface area contributed by atoms with Crippen molar-refractivity contribution in [1.29, 1.82) is 0 Å². The zero-order valence-electron chi connectivity index (χ0n) is 13.0. The highest BCUT2D eigenvalue weighted by Gasteiger charge is 2.15. The highest BCUT2D eigenvalue weighted by atomic mass is 16.5. The van der Waals surface area contributed by atoms with E-state index in [-0.39, 0.29) is 11.4 Å². The van der Waals surface area contributed by atoms with Crippen LogP contribution >= 0.6 is 0 Å². The summed E-state index contributed by atoms with van der Waals surface area (Å²) >= 11 is 0. The maximum atomic E-state index is 8.79. The summed E-state index contributed by atoms with van der Waals surface area (Å²) in [5.41, 5.74) is 6.90. The van der Waals surface area contributed by atoms with Gasteiger partial charge in [0.1, 0.15) is 5.75 Å². The molecular formula is C15H24N2O4. The van der Waals surface area contributed by atoms with E-state index in [9.17, 15) is 0 Å². The van der Waals surface area contributed by atoms with E-state index in [1.165, 1.54) is 7.11 Å². The van der Waals surface area contributed by atoms with Gasteiger partial charge in [0.15, 0.2) is 5.84 Å². The topological polar surface area (TPSA) is 86.3 Å². The number of ether oxygens (including phenoxy) is 3. The molecule has 0 unspecified atom stereocenters. The molecule has 21 heavy (non-hydrogen) atoms. The SMILES string of the molecule is COc1ccc(COCCC(C)(C)OC)cc1/C(N)=N/O. The summed E-state index contributed by atoms with van der Waals surface area (Å²) in [6, 6.07) is 5.44. The number of methoxy groups -OCH3 is 2. The van der Waals surface area contributed by atoms with E-state index in [1.54, 1.807) is 19.2 Å². The first-order valence-corrected chi connectivity index (χ1v) is 6.71. The van der Waals surface area contributed by atoms with Crippen LogP contribution in [0.4, 0.5) is 0 Å². The van der Waals surface area contributed by atoms with Crippen molar-refractivity contribution >= 4 is 5.84 Å². The summed E-state index contributed by atoms with van der Waals surface area (Å²) in [4.78, 5) is 0. The fraction of sp³-hybridized carbons (Fsp3) is 0.533. The van der Waals surface area contributed by atoms with Crippen molar-refractivity contribution < 1.29 is 19.4 Å². The van der Waals surface area contributed by atoms with Crippen LogP contribution in [-0.2, 0) is 16.1 Å². The van der Waals surface area contributed by atoms with Gasteiger partial charge in [0, 0.05) is 13.7 Å². The third kappa shape index (κ3) is 5.24. The number of nitrogens with two attached hydrogens (primary N) is 1. The van der Waals surface area contributed by atoms with E-state index in [0.717, 1.165) is 12.0 Å². The lowest BCUT2D eigenvalue weighted by atomic mass is 10.1. The van der Waals surface area contributed by atoms with Crippen LogP contribution in [0.15, 0.2) is 23.4 Å². The van der Waals surface area contributed by atoms with Gasteiger partial charge in [-0.15, -0.1) is 0 Å². The van der Waals surface area contributed by atoms with Crippen LogP contribution in [-0.4, -0.2) is 37.5 Å². The number of nitrogens with zero attached hydrogens (tertiary/aromatic N) is 1. The van der Waals surface area contributed by atoms with Gasteiger partial charge >= 0.3 is 0 Å². The average molecular weight is 296 g/mol. The molecular weight excluding hydrogens is 272 g/mol. The molecule has 0 amide bonds. The second kappa shape index (κ2) is 7.85. The molecule has 1 rings (SSSR count). The predicted octanol–water partition coefficient (Wildman–Crippen LogP) is 2.12. The van der Waals surface area contributed by atoms with Crippen molar-refractivity contribution in [3.63, 3.8) is 0 Å². The Kier molecular flexibility index (Phi) is 6.45. The zero-order chi connectivity index (χ0) is 15.9. The van der Waals surface area contributed by atoms with Gasteiger partial charge in [-0.3, -0.25) is 0 Å². The van der Waals surface area contributed by atoms with Crippen molar-refractivity contribution in [2.45, 2.75) is 32.5 Å². The lowest BCUT2D eigenvalue weighted by Crippen LogP contribution is -2.24. The Morgan fingerprint density at radius 1 is 1.33 bits per heavy atom. The number of amidine groups is 1. The number of oxime groups is 1.